The van der Waals surface area contributed by atoms with Crippen LogP contribution in [0.2, 0.25) is 0 Å². The van der Waals surface area contributed by atoms with Crippen LogP contribution in [0.3, 0.4) is 0 Å². The van der Waals surface area contributed by atoms with Crippen LogP contribution in [0, 0.1) is 0 Å². The Bertz CT molecular complexity index is 592. The molecule has 0 aliphatic rings. The van der Waals surface area contributed by atoms with E-state index in [-0.39, 0.29) is 0 Å². The molecule has 1 rings (SSSR count). The number of nitrogens with zero attached hydrogens (tertiary/aromatic N) is 1. The number of aromatic amines is 1. The Morgan fingerprint density at radius 2 is 0.769 bits per heavy atom. The quantitative estimate of drug-likeness (QED) is 0.0707. The molecule has 0 aliphatic carbocycles. The molecule has 1 heterocycles. The molecule has 230 valence electrons. The Morgan fingerprint density at radius 1 is 0.462 bits per heavy atom. The Balaban J connectivity index is 2.04. The number of imidazole rings is 1. The summed E-state index contributed by atoms with van der Waals surface area (Å²) in [5, 5.41) is 0. The first-order chi connectivity index (χ1) is 19.3. The minimum Gasteiger partial charge on any atom is -0.247 e. The Morgan fingerprint density at radius 3 is 1.08 bits per heavy atom. The van der Waals surface area contributed by atoms with Gasteiger partial charge in [0.05, 0.1) is 12.5 Å². The van der Waals surface area contributed by atoms with Gasteiger partial charge >= 0.3 is 0 Å². The van der Waals surface area contributed by atoms with Crippen LogP contribution < -0.4 is 4.57 Å². The topological polar surface area (TPSA) is 19.7 Å². The summed E-state index contributed by atoms with van der Waals surface area (Å²) < 4.78 is 2.45. The maximum absolute atomic E-state index is 3.61. The van der Waals surface area contributed by atoms with Gasteiger partial charge in [0.2, 0.25) is 0 Å². The first kappa shape index (κ1) is 36.2. The number of H-pyrrole nitrogens is 1. The Hall–Kier alpha value is -0.790. The molecule has 0 saturated carbocycles. The number of aryl methyl sites for hydroxylation is 1. The van der Waals surface area contributed by atoms with Crippen LogP contribution in [0.1, 0.15) is 219 Å². The summed E-state index contributed by atoms with van der Waals surface area (Å²) in [4.78, 5) is 3.61. The molecule has 1 atom stereocenters. The number of hydrogen-bond acceptors (Lipinski definition) is 0. The minimum atomic E-state index is 0.727. The maximum atomic E-state index is 3.61. The van der Waals surface area contributed by atoms with Crippen molar-refractivity contribution in [2.45, 2.75) is 219 Å². The smallest absolute Gasteiger partial charge is 0.247 e. The van der Waals surface area contributed by atoms with Gasteiger partial charge < -0.3 is 0 Å². The summed E-state index contributed by atoms with van der Waals surface area (Å²) in [7, 11) is 0. The van der Waals surface area contributed by atoms with Crippen molar-refractivity contribution in [2.75, 3.05) is 0 Å². The average Bonchev–Trinajstić information content (AvgIpc) is 3.43. The lowest BCUT2D eigenvalue weighted by molar-refractivity contribution is -0.701. The molecule has 0 amide bonds. The maximum Gasteiger partial charge on any atom is 0.257 e. The molecule has 0 aromatic carbocycles. The van der Waals surface area contributed by atoms with Crippen molar-refractivity contribution in [3.05, 3.63) is 18.2 Å². The van der Waals surface area contributed by atoms with Gasteiger partial charge in [-0.2, -0.15) is 0 Å². The summed E-state index contributed by atoms with van der Waals surface area (Å²) in [6.07, 6.45) is 46.2. The van der Waals surface area contributed by atoms with Gasteiger partial charge in [-0.3, -0.25) is 0 Å². The summed E-state index contributed by atoms with van der Waals surface area (Å²) >= 11 is 0. The number of rotatable bonds is 31. The van der Waals surface area contributed by atoms with Gasteiger partial charge in [0.25, 0.3) is 5.82 Å². The highest BCUT2D eigenvalue weighted by Crippen LogP contribution is 2.26. The van der Waals surface area contributed by atoms with Crippen LogP contribution in [0.4, 0.5) is 0 Å². The standard InChI is InChI=1S/C37H72N2/c1-4-7-9-11-13-15-17-18-19-20-21-22-23-25-27-29-31-33-36(37-38-34-35-39(37)6-3)32-30-28-26-24-16-14-12-10-8-5-2/h34-36H,4-33H2,1-3H3/p+1/t36-/m0/s1. The fourth-order valence-electron chi connectivity index (χ4n) is 6.42. The molecule has 39 heavy (non-hydrogen) atoms. The average molecular weight is 546 g/mol. The third kappa shape index (κ3) is 21.6. The molecule has 0 saturated heterocycles. The number of hydrogen-bond donors (Lipinski definition) is 1. The van der Waals surface area contributed by atoms with Crippen molar-refractivity contribution in [2.24, 2.45) is 0 Å². The van der Waals surface area contributed by atoms with E-state index < -0.39 is 0 Å². The Kier molecular flexibility index (Phi) is 26.7. The fraction of sp³-hybridized carbons (Fsp3) is 0.919. The zero-order chi connectivity index (χ0) is 28.1. The molecule has 0 unspecified atom stereocenters. The van der Waals surface area contributed by atoms with E-state index in [1.54, 1.807) is 0 Å². The molecule has 0 radical (unpaired) electrons. The van der Waals surface area contributed by atoms with E-state index in [0.717, 1.165) is 12.5 Å². The SMILES string of the molecule is CCCCCCCCCCCCCCCCCCC[C@H](CCCCCCCCCCCC)c1[nH]cc[n+]1CC. The molecular formula is C37H73N2+. The zero-order valence-corrected chi connectivity index (χ0v) is 27.4. The lowest BCUT2D eigenvalue weighted by atomic mass is 9.93. The van der Waals surface area contributed by atoms with Gasteiger partial charge in [-0.15, -0.1) is 0 Å². The third-order valence-corrected chi connectivity index (χ3v) is 9.08. The van der Waals surface area contributed by atoms with Crippen molar-refractivity contribution in [1.82, 2.24) is 4.98 Å². The predicted octanol–water partition coefficient (Wildman–Crippen LogP) is 12.8. The minimum absolute atomic E-state index is 0.727. The molecule has 0 aliphatic heterocycles. The summed E-state index contributed by atoms with van der Waals surface area (Å²) in [5.74, 6) is 2.22. The van der Waals surface area contributed by atoms with Gasteiger partial charge in [0, 0.05) is 0 Å². The van der Waals surface area contributed by atoms with Crippen LogP contribution in [0.25, 0.3) is 0 Å². The highest BCUT2D eigenvalue weighted by molar-refractivity contribution is 4.90. The fourth-order valence-corrected chi connectivity index (χ4v) is 6.42. The second kappa shape index (κ2) is 28.7. The van der Waals surface area contributed by atoms with E-state index in [0.29, 0.717) is 0 Å². The molecule has 1 aromatic heterocycles. The largest absolute Gasteiger partial charge is 0.257 e. The summed E-state index contributed by atoms with van der Waals surface area (Å²) in [6, 6.07) is 0. The lowest BCUT2D eigenvalue weighted by Gasteiger charge is -2.14. The van der Waals surface area contributed by atoms with Crippen molar-refractivity contribution >= 4 is 0 Å². The van der Waals surface area contributed by atoms with Crippen LogP contribution in [0.5, 0.6) is 0 Å². The van der Waals surface area contributed by atoms with Crippen molar-refractivity contribution < 1.29 is 4.57 Å². The molecule has 1 N–H and O–H groups in total. The van der Waals surface area contributed by atoms with Crippen LogP contribution in [-0.4, -0.2) is 4.98 Å². The van der Waals surface area contributed by atoms with E-state index in [1.165, 1.54) is 192 Å². The second-order valence-electron chi connectivity index (χ2n) is 12.7. The summed E-state index contributed by atoms with van der Waals surface area (Å²) in [5.41, 5.74) is 0. The highest BCUT2D eigenvalue weighted by atomic mass is 15.1. The van der Waals surface area contributed by atoms with Gasteiger partial charge in [-0.1, -0.05) is 187 Å². The van der Waals surface area contributed by atoms with Crippen LogP contribution in [-0.2, 0) is 6.54 Å². The second-order valence-corrected chi connectivity index (χ2v) is 12.7. The number of aromatic nitrogens is 2. The van der Waals surface area contributed by atoms with Gasteiger partial charge in [-0.25, -0.2) is 9.55 Å². The Labute approximate surface area is 246 Å². The van der Waals surface area contributed by atoms with Gasteiger partial charge in [0.1, 0.15) is 12.4 Å². The first-order valence-corrected chi connectivity index (χ1v) is 18.4. The molecule has 2 nitrogen and oxygen atoms in total. The highest BCUT2D eigenvalue weighted by Gasteiger charge is 2.21. The van der Waals surface area contributed by atoms with E-state index in [1.807, 2.05) is 0 Å². The van der Waals surface area contributed by atoms with Gasteiger partial charge in [0.15, 0.2) is 0 Å². The van der Waals surface area contributed by atoms with Crippen LogP contribution >= 0.6 is 0 Å². The molecule has 0 fully saturated rings. The van der Waals surface area contributed by atoms with Gasteiger partial charge in [-0.05, 0) is 19.8 Å². The van der Waals surface area contributed by atoms with E-state index >= 15 is 0 Å². The molecular weight excluding hydrogens is 472 g/mol. The number of unbranched alkanes of at least 4 members (excludes halogenated alkanes) is 25. The normalized spacial score (nSPS) is 12.4. The van der Waals surface area contributed by atoms with Crippen molar-refractivity contribution in [1.29, 1.82) is 0 Å². The third-order valence-electron chi connectivity index (χ3n) is 9.08. The predicted molar refractivity (Wildman–Crippen MR) is 175 cm³/mol. The first-order valence-electron chi connectivity index (χ1n) is 18.4. The monoisotopic (exact) mass is 546 g/mol. The lowest BCUT2D eigenvalue weighted by Crippen LogP contribution is -2.36. The molecule has 2 heteroatoms. The molecule has 0 spiro atoms. The molecule has 0 bridgehead atoms. The van der Waals surface area contributed by atoms with Crippen LogP contribution in [0.15, 0.2) is 12.4 Å². The summed E-state index contributed by atoms with van der Waals surface area (Å²) in [6.45, 7) is 7.99. The van der Waals surface area contributed by atoms with E-state index in [4.69, 9.17) is 0 Å². The van der Waals surface area contributed by atoms with E-state index in [9.17, 15) is 0 Å². The van der Waals surface area contributed by atoms with E-state index in [2.05, 4.69) is 42.7 Å². The van der Waals surface area contributed by atoms with Crippen molar-refractivity contribution in [3.8, 4) is 0 Å². The number of nitrogens with one attached hydrogen (secondary N) is 1. The zero-order valence-electron chi connectivity index (χ0n) is 27.4. The molecule has 1 aromatic rings. The van der Waals surface area contributed by atoms with Crippen molar-refractivity contribution in [3.63, 3.8) is 0 Å².